The summed E-state index contributed by atoms with van der Waals surface area (Å²) in [4.78, 5) is 15.2. The van der Waals surface area contributed by atoms with Crippen LogP contribution in [0.1, 0.15) is 23.1 Å². The third-order valence-corrected chi connectivity index (χ3v) is 4.29. The van der Waals surface area contributed by atoms with E-state index in [0.29, 0.717) is 31.4 Å². The summed E-state index contributed by atoms with van der Waals surface area (Å²) in [5.41, 5.74) is 2.00. The Balaban J connectivity index is 1.47. The van der Waals surface area contributed by atoms with E-state index in [1.807, 2.05) is 30.5 Å². The second kappa shape index (κ2) is 7.64. The Labute approximate surface area is 149 Å². The van der Waals surface area contributed by atoms with Gasteiger partial charge in [-0.2, -0.15) is 13.2 Å². The Kier molecular flexibility index (Phi) is 5.30. The van der Waals surface area contributed by atoms with Crippen LogP contribution in [0.5, 0.6) is 0 Å². The van der Waals surface area contributed by atoms with Crippen LogP contribution in [0.4, 0.5) is 13.2 Å². The van der Waals surface area contributed by atoms with Crippen LogP contribution in [-0.4, -0.2) is 17.4 Å². The van der Waals surface area contributed by atoms with Crippen LogP contribution in [0.2, 0.25) is 0 Å². The molecule has 26 heavy (non-hydrogen) atoms. The highest BCUT2D eigenvalue weighted by molar-refractivity contribution is 5.84. The molecular formula is C20H19F3N2O. The smallest absolute Gasteiger partial charge is 0.361 e. The first-order valence-corrected chi connectivity index (χ1v) is 8.41. The molecular weight excluding hydrogens is 341 g/mol. The molecule has 0 spiro atoms. The molecule has 6 heteroatoms. The molecule has 0 fully saturated rings. The lowest BCUT2D eigenvalue weighted by atomic mass is 10.1. The van der Waals surface area contributed by atoms with Gasteiger partial charge in [-0.15, -0.1) is 0 Å². The number of fused-ring (bicyclic) bond motifs is 1. The number of alkyl halides is 3. The standard InChI is InChI=1S/C20H19F3N2O/c21-20(22,23)16-5-3-4-14(12-16)10-11-24-19(26)9-8-15-13-25-18-7-2-1-6-17(15)18/h1-7,12-13,25H,8-11H2,(H,24,26). The third kappa shape index (κ3) is 4.45. The number of aryl methyl sites for hydroxylation is 1. The number of para-hydroxylation sites is 1. The van der Waals surface area contributed by atoms with Gasteiger partial charge >= 0.3 is 6.18 Å². The van der Waals surface area contributed by atoms with E-state index in [0.717, 1.165) is 28.6 Å². The first-order chi connectivity index (χ1) is 12.4. The number of carbonyl (C=O) groups excluding carboxylic acids is 1. The number of nitrogens with one attached hydrogen (secondary N) is 2. The van der Waals surface area contributed by atoms with Crippen LogP contribution < -0.4 is 5.32 Å². The van der Waals surface area contributed by atoms with Gasteiger partial charge in [0, 0.05) is 30.1 Å². The number of carbonyl (C=O) groups is 1. The van der Waals surface area contributed by atoms with Crippen LogP contribution >= 0.6 is 0 Å². The third-order valence-electron chi connectivity index (χ3n) is 4.29. The topological polar surface area (TPSA) is 44.9 Å². The molecule has 0 radical (unpaired) electrons. The van der Waals surface area contributed by atoms with E-state index in [-0.39, 0.29) is 5.91 Å². The van der Waals surface area contributed by atoms with Crippen molar-refractivity contribution in [3.63, 3.8) is 0 Å². The second-order valence-electron chi connectivity index (χ2n) is 6.16. The van der Waals surface area contributed by atoms with Gasteiger partial charge in [0.15, 0.2) is 0 Å². The van der Waals surface area contributed by atoms with Gasteiger partial charge in [-0.05, 0) is 36.1 Å². The summed E-state index contributed by atoms with van der Waals surface area (Å²) in [7, 11) is 0. The molecule has 0 bridgehead atoms. The fraction of sp³-hybridized carbons (Fsp3) is 0.250. The molecule has 0 unspecified atom stereocenters. The Morgan fingerprint density at radius 2 is 1.85 bits per heavy atom. The van der Waals surface area contributed by atoms with Crippen LogP contribution in [0.3, 0.4) is 0 Å². The molecule has 0 saturated carbocycles. The van der Waals surface area contributed by atoms with Crippen molar-refractivity contribution in [3.05, 3.63) is 71.4 Å². The van der Waals surface area contributed by atoms with E-state index in [2.05, 4.69) is 10.3 Å². The number of halogens is 3. The van der Waals surface area contributed by atoms with Crippen molar-refractivity contribution in [2.45, 2.75) is 25.4 Å². The maximum Gasteiger partial charge on any atom is 0.416 e. The zero-order valence-corrected chi connectivity index (χ0v) is 14.1. The highest BCUT2D eigenvalue weighted by atomic mass is 19.4. The molecule has 1 amide bonds. The fourth-order valence-electron chi connectivity index (χ4n) is 2.92. The number of hydrogen-bond acceptors (Lipinski definition) is 1. The van der Waals surface area contributed by atoms with E-state index in [1.54, 1.807) is 6.07 Å². The van der Waals surface area contributed by atoms with Crippen LogP contribution in [0.15, 0.2) is 54.7 Å². The van der Waals surface area contributed by atoms with Crippen LogP contribution in [0.25, 0.3) is 10.9 Å². The zero-order valence-electron chi connectivity index (χ0n) is 14.1. The van der Waals surface area contributed by atoms with Gasteiger partial charge in [0.1, 0.15) is 0 Å². The van der Waals surface area contributed by atoms with Crippen molar-refractivity contribution in [2.75, 3.05) is 6.54 Å². The quantitative estimate of drug-likeness (QED) is 0.669. The van der Waals surface area contributed by atoms with Gasteiger partial charge in [-0.1, -0.05) is 36.4 Å². The average Bonchev–Trinajstić information content (AvgIpc) is 3.03. The summed E-state index contributed by atoms with van der Waals surface area (Å²) in [5.74, 6) is -0.109. The first kappa shape index (κ1) is 18.0. The molecule has 2 N–H and O–H groups in total. The number of H-pyrrole nitrogens is 1. The molecule has 2 aromatic carbocycles. The monoisotopic (exact) mass is 360 g/mol. The number of amides is 1. The van der Waals surface area contributed by atoms with E-state index >= 15 is 0 Å². The van der Waals surface area contributed by atoms with Gasteiger partial charge in [0.2, 0.25) is 5.91 Å². The molecule has 3 aromatic rings. The van der Waals surface area contributed by atoms with Gasteiger partial charge in [-0.3, -0.25) is 4.79 Å². The summed E-state index contributed by atoms with van der Waals surface area (Å²) < 4.78 is 38.1. The lowest BCUT2D eigenvalue weighted by Crippen LogP contribution is -2.25. The van der Waals surface area contributed by atoms with Gasteiger partial charge in [0.25, 0.3) is 0 Å². The van der Waals surface area contributed by atoms with E-state index in [1.165, 1.54) is 6.07 Å². The molecule has 1 aromatic heterocycles. The molecule has 0 aliphatic carbocycles. The van der Waals surface area contributed by atoms with Crippen molar-refractivity contribution in [2.24, 2.45) is 0 Å². The Hall–Kier alpha value is -2.76. The zero-order chi connectivity index (χ0) is 18.6. The molecule has 1 heterocycles. The molecule has 0 aliphatic rings. The van der Waals surface area contributed by atoms with E-state index in [4.69, 9.17) is 0 Å². The Bertz CT molecular complexity index is 899. The van der Waals surface area contributed by atoms with E-state index in [9.17, 15) is 18.0 Å². The summed E-state index contributed by atoms with van der Waals surface area (Å²) in [5, 5.41) is 3.87. The van der Waals surface area contributed by atoms with E-state index < -0.39 is 11.7 Å². The largest absolute Gasteiger partial charge is 0.416 e. The lowest BCUT2D eigenvalue weighted by molar-refractivity contribution is -0.137. The highest BCUT2D eigenvalue weighted by Crippen LogP contribution is 2.29. The normalized spacial score (nSPS) is 11.7. The van der Waals surface area contributed by atoms with Gasteiger partial charge in [-0.25, -0.2) is 0 Å². The minimum Gasteiger partial charge on any atom is -0.361 e. The Morgan fingerprint density at radius 1 is 1.04 bits per heavy atom. The number of benzene rings is 2. The first-order valence-electron chi connectivity index (χ1n) is 8.41. The van der Waals surface area contributed by atoms with Crippen molar-refractivity contribution in [1.29, 1.82) is 0 Å². The second-order valence-corrected chi connectivity index (χ2v) is 6.16. The maximum absolute atomic E-state index is 12.7. The average molecular weight is 360 g/mol. The van der Waals surface area contributed by atoms with Crippen molar-refractivity contribution in [3.8, 4) is 0 Å². The molecule has 3 rings (SSSR count). The summed E-state index contributed by atoms with van der Waals surface area (Å²) >= 11 is 0. The Morgan fingerprint density at radius 3 is 2.65 bits per heavy atom. The SMILES string of the molecule is O=C(CCc1c[nH]c2ccccc12)NCCc1cccc(C(F)(F)F)c1. The van der Waals surface area contributed by atoms with Crippen LogP contribution in [0, 0.1) is 0 Å². The molecule has 0 aliphatic heterocycles. The number of aromatic nitrogens is 1. The molecule has 136 valence electrons. The maximum atomic E-state index is 12.7. The molecule has 0 saturated heterocycles. The number of hydrogen-bond donors (Lipinski definition) is 2. The van der Waals surface area contributed by atoms with Crippen molar-refractivity contribution >= 4 is 16.8 Å². The lowest BCUT2D eigenvalue weighted by Gasteiger charge is -2.09. The predicted molar refractivity (Wildman–Crippen MR) is 94.8 cm³/mol. The molecule has 0 atom stereocenters. The van der Waals surface area contributed by atoms with Crippen LogP contribution in [-0.2, 0) is 23.8 Å². The van der Waals surface area contributed by atoms with Crippen molar-refractivity contribution in [1.82, 2.24) is 10.3 Å². The van der Waals surface area contributed by atoms with Crippen molar-refractivity contribution < 1.29 is 18.0 Å². The van der Waals surface area contributed by atoms with Gasteiger partial charge < -0.3 is 10.3 Å². The summed E-state index contributed by atoms with van der Waals surface area (Å²) in [6.07, 6.45) is -1.13. The number of aromatic amines is 1. The summed E-state index contributed by atoms with van der Waals surface area (Å²) in [6.45, 7) is 0.314. The highest BCUT2D eigenvalue weighted by Gasteiger charge is 2.30. The summed E-state index contributed by atoms with van der Waals surface area (Å²) in [6, 6.07) is 13.1. The minimum absolute atomic E-state index is 0.109. The fourth-order valence-corrected chi connectivity index (χ4v) is 2.92. The molecule has 3 nitrogen and oxygen atoms in total. The van der Waals surface area contributed by atoms with Gasteiger partial charge in [0.05, 0.1) is 5.56 Å². The predicted octanol–water partition coefficient (Wildman–Crippen LogP) is 4.48. The number of rotatable bonds is 6. The minimum atomic E-state index is -4.35.